The number of hydrogen-bond donors (Lipinski definition) is 2. The highest BCUT2D eigenvalue weighted by Crippen LogP contribution is 2.31. The fourth-order valence-corrected chi connectivity index (χ4v) is 2.68. The summed E-state index contributed by atoms with van der Waals surface area (Å²) in [7, 11) is 0. The largest absolute Gasteiger partial charge is 0.494 e. The van der Waals surface area contributed by atoms with E-state index >= 15 is 0 Å². The number of halogens is 1. The van der Waals surface area contributed by atoms with Gasteiger partial charge >= 0.3 is 0 Å². The molecule has 0 aliphatic carbocycles. The molecule has 2 aromatic rings. The minimum Gasteiger partial charge on any atom is -0.494 e. The van der Waals surface area contributed by atoms with Gasteiger partial charge in [0.1, 0.15) is 5.75 Å². The molecule has 0 saturated heterocycles. The van der Waals surface area contributed by atoms with Crippen molar-refractivity contribution < 1.29 is 4.74 Å². The summed E-state index contributed by atoms with van der Waals surface area (Å²) in [4.78, 5) is 0. The Hall–Kier alpha value is -1.36. The SMILES string of the molecule is CCOc1ccc(C(NN)c2cccc(C)c2Br)cc1. The lowest BCUT2D eigenvalue weighted by atomic mass is 9.98. The van der Waals surface area contributed by atoms with Gasteiger partial charge in [0.2, 0.25) is 0 Å². The van der Waals surface area contributed by atoms with Crippen molar-refractivity contribution >= 4 is 15.9 Å². The minimum atomic E-state index is -0.0556. The molecule has 2 rings (SSSR count). The minimum absolute atomic E-state index is 0.0556. The molecule has 3 N–H and O–H groups in total. The third kappa shape index (κ3) is 3.20. The van der Waals surface area contributed by atoms with Crippen molar-refractivity contribution in [1.82, 2.24) is 5.43 Å². The molecular weight excluding hydrogens is 316 g/mol. The van der Waals surface area contributed by atoms with Crippen molar-refractivity contribution in [3.8, 4) is 5.75 Å². The third-order valence-corrected chi connectivity index (χ3v) is 4.31. The van der Waals surface area contributed by atoms with Crippen molar-refractivity contribution in [1.29, 1.82) is 0 Å². The summed E-state index contributed by atoms with van der Waals surface area (Å²) in [6, 6.07) is 14.1. The van der Waals surface area contributed by atoms with Crippen LogP contribution < -0.4 is 16.0 Å². The molecule has 1 unspecified atom stereocenters. The Bertz CT molecular complexity index is 569. The van der Waals surface area contributed by atoms with Crippen LogP contribution >= 0.6 is 15.9 Å². The van der Waals surface area contributed by atoms with Gasteiger partial charge in [0.15, 0.2) is 0 Å². The van der Waals surface area contributed by atoms with Crippen LogP contribution in [0, 0.1) is 6.92 Å². The zero-order chi connectivity index (χ0) is 14.5. The highest BCUT2D eigenvalue weighted by molar-refractivity contribution is 9.10. The molecule has 0 aromatic heterocycles. The van der Waals surface area contributed by atoms with E-state index in [0.717, 1.165) is 21.3 Å². The lowest BCUT2D eigenvalue weighted by molar-refractivity contribution is 0.340. The van der Waals surface area contributed by atoms with Gasteiger partial charge in [-0.3, -0.25) is 5.84 Å². The molecule has 0 heterocycles. The second-order valence-corrected chi connectivity index (χ2v) is 5.37. The zero-order valence-electron chi connectivity index (χ0n) is 11.7. The van der Waals surface area contributed by atoms with Crippen LogP contribution in [0.25, 0.3) is 0 Å². The molecule has 0 fully saturated rings. The number of hydrogen-bond acceptors (Lipinski definition) is 3. The summed E-state index contributed by atoms with van der Waals surface area (Å²) in [5.74, 6) is 6.62. The Balaban J connectivity index is 2.34. The standard InChI is InChI=1S/C16H19BrN2O/c1-3-20-13-9-7-12(8-10-13)16(19-18)14-6-4-5-11(2)15(14)17/h4-10,16,19H,3,18H2,1-2H3. The van der Waals surface area contributed by atoms with Crippen molar-refractivity contribution in [2.24, 2.45) is 5.84 Å². The maximum atomic E-state index is 5.75. The highest BCUT2D eigenvalue weighted by atomic mass is 79.9. The van der Waals surface area contributed by atoms with Crippen LogP contribution in [-0.2, 0) is 0 Å². The molecule has 2 aromatic carbocycles. The van der Waals surface area contributed by atoms with Gasteiger partial charge in [0.05, 0.1) is 12.6 Å². The van der Waals surface area contributed by atoms with Gasteiger partial charge in [0, 0.05) is 4.47 Å². The number of benzene rings is 2. The van der Waals surface area contributed by atoms with Crippen LogP contribution in [0.15, 0.2) is 46.9 Å². The molecule has 0 saturated carbocycles. The first kappa shape index (κ1) is 15.0. The monoisotopic (exact) mass is 334 g/mol. The van der Waals surface area contributed by atoms with Gasteiger partial charge in [-0.15, -0.1) is 0 Å². The zero-order valence-corrected chi connectivity index (χ0v) is 13.3. The predicted molar refractivity (Wildman–Crippen MR) is 85.7 cm³/mol. The number of hydrazine groups is 1. The molecule has 0 bridgehead atoms. The van der Waals surface area contributed by atoms with Gasteiger partial charge in [-0.25, -0.2) is 5.43 Å². The number of aryl methyl sites for hydroxylation is 1. The molecule has 0 radical (unpaired) electrons. The van der Waals surface area contributed by atoms with E-state index in [1.807, 2.05) is 37.3 Å². The van der Waals surface area contributed by atoms with Crippen LogP contribution in [0.1, 0.15) is 29.7 Å². The fourth-order valence-electron chi connectivity index (χ4n) is 2.18. The molecule has 0 spiro atoms. The first-order chi connectivity index (χ1) is 9.67. The molecule has 0 aliphatic rings. The first-order valence-electron chi connectivity index (χ1n) is 6.61. The van der Waals surface area contributed by atoms with E-state index in [4.69, 9.17) is 10.6 Å². The van der Waals surface area contributed by atoms with Crippen LogP contribution in [0.2, 0.25) is 0 Å². The molecule has 0 amide bonds. The van der Waals surface area contributed by atoms with E-state index in [0.29, 0.717) is 6.61 Å². The smallest absolute Gasteiger partial charge is 0.119 e. The Kier molecular flexibility index (Phi) is 5.17. The highest BCUT2D eigenvalue weighted by Gasteiger charge is 2.16. The topological polar surface area (TPSA) is 47.3 Å². The summed E-state index contributed by atoms with van der Waals surface area (Å²) in [6.45, 7) is 4.71. The van der Waals surface area contributed by atoms with E-state index < -0.39 is 0 Å². The number of nitrogens with one attached hydrogen (secondary N) is 1. The maximum Gasteiger partial charge on any atom is 0.119 e. The lowest BCUT2D eigenvalue weighted by Crippen LogP contribution is -2.29. The van der Waals surface area contributed by atoms with E-state index in [2.05, 4.69) is 40.4 Å². The summed E-state index contributed by atoms with van der Waals surface area (Å²) in [5, 5.41) is 0. The quantitative estimate of drug-likeness (QED) is 0.647. The van der Waals surface area contributed by atoms with Crippen molar-refractivity contribution in [3.63, 3.8) is 0 Å². The Labute approximate surface area is 128 Å². The molecule has 3 nitrogen and oxygen atoms in total. The van der Waals surface area contributed by atoms with Gasteiger partial charge in [-0.2, -0.15) is 0 Å². The van der Waals surface area contributed by atoms with Gasteiger partial charge < -0.3 is 4.74 Å². The molecule has 4 heteroatoms. The maximum absolute atomic E-state index is 5.75. The van der Waals surface area contributed by atoms with E-state index in [1.54, 1.807) is 0 Å². The van der Waals surface area contributed by atoms with Crippen molar-refractivity contribution in [2.75, 3.05) is 6.61 Å². The molecule has 20 heavy (non-hydrogen) atoms. The van der Waals surface area contributed by atoms with Crippen LogP contribution in [0.4, 0.5) is 0 Å². The second kappa shape index (κ2) is 6.88. The Morgan fingerprint density at radius 2 is 1.90 bits per heavy atom. The van der Waals surface area contributed by atoms with Crippen LogP contribution in [0.5, 0.6) is 5.75 Å². The average Bonchev–Trinajstić information content (AvgIpc) is 2.46. The predicted octanol–water partition coefficient (Wildman–Crippen LogP) is 3.71. The van der Waals surface area contributed by atoms with Crippen LogP contribution in [0.3, 0.4) is 0 Å². The number of rotatable bonds is 5. The summed E-state index contributed by atoms with van der Waals surface area (Å²) >= 11 is 3.64. The average molecular weight is 335 g/mol. The lowest BCUT2D eigenvalue weighted by Gasteiger charge is -2.19. The Morgan fingerprint density at radius 1 is 1.20 bits per heavy atom. The van der Waals surface area contributed by atoms with Crippen molar-refractivity contribution in [2.45, 2.75) is 19.9 Å². The summed E-state index contributed by atoms with van der Waals surface area (Å²) in [6.07, 6.45) is 0. The van der Waals surface area contributed by atoms with E-state index in [1.165, 1.54) is 5.56 Å². The number of ether oxygens (including phenoxy) is 1. The van der Waals surface area contributed by atoms with Gasteiger partial charge in [-0.1, -0.05) is 46.3 Å². The van der Waals surface area contributed by atoms with Gasteiger partial charge in [0.25, 0.3) is 0 Å². The molecular formula is C16H19BrN2O. The third-order valence-electron chi connectivity index (χ3n) is 3.22. The van der Waals surface area contributed by atoms with Gasteiger partial charge in [-0.05, 0) is 42.7 Å². The molecule has 1 atom stereocenters. The van der Waals surface area contributed by atoms with Crippen molar-refractivity contribution in [3.05, 3.63) is 63.6 Å². The normalized spacial score (nSPS) is 12.2. The van der Waals surface area contributed by atoms with E-state index in [9.17, 15) is 0 Å². The Morgan fingerprint density at radius 3 is 2.50 bits per heavy atom. The summed E-state index contributed by atoms with van der Waals surface area (Å²) < 4.78 is 6.54. The number of nitrogens with two attached hydrogens (primary N) is 1. The first-order valence-corrected chi connectivity index (χ1v) is 7.40. The van der Waals surface area contributed by atoms with Crippen LogP contribution in [-0.4, -0.2) is 6.61 Å². The van der Waals surface area contributed by atoms with E-state index in [-0.39, 0.29) is 6.04 Å². The molecule has 106 valence electrons. The summed E-state index contributed by atoms with van der Waals surface area (Å²) in [5.41, 5.74) is 6.29. The second-order valence-electron chi connectivity index (χ2n) is 4.58. The fraction of sp³-hybridized carbons (Fsp3) is 0.250. The molecule has 0 aliphatic heterocycles.